The van der Waals surface area contributed by atoms with Crippen molar-refractivity contribution in [1.29, 1.82) is 0 Å². The molecule has 0 saturated carbocycles. The minimum atomic E-state index is -0.223. The SMILES string of the molecule is CCOC(=O)c1c(C)[nH]c2cc3c(cc12)CCC3. The average molecular weight is 243 g/mol. The Kier molecular flexibility index (Phi) is 2.62. The zero-order chi connectivity index (χ0) is 12.7. The molecule has 0 amide bonds. The van der Waals surface area contributed by atoms with Crippen LogP contribution in [0.15, 0.2) is 12.1 Å². The number of aromatic nitrogens is 1. The molecule has 0 aliphatic heterocycles. The molecule has 2 aromatic rings. The lowest BCUT2D eigenvalue weighted by molar-refractivity contribution is 0.0528. The van der Waals surface area contributed by atoms with Crippen molar-refractivity contribution >= 4 is 16.9 Å². The van der Waals surface area contributed by atoms with E-state index in [1.54, 1.807) is 0 Å². The van der Waals surface area contributed by atoms with Crippen LogP contribution in [-0.4, -0.2) is 17.6 Å². The second-order valence-electron chi connectivity index (χ2n) is 4.87. The molecule has 1 aromatic heterocycles. The van der Waals surface area contributed by atoms with Gasteiger partial charge in [-0.15, -0.1) is 0 Å². The highest BCUT2D eigenvalue weighted by Gasteiger charge is 2.20. The van der Waals surface area contributed by atoms with Gasteiger partial charge in [0.15, 0.2) is 0 Å². The normalized spacial score (nSPS) is 13.9. The van der Waals surface area contributed by atoms with Gasteiger partial charge in [-0.2, -0.15) is 0 Å². The first kappa shape index (κ1) is 11.3. The number of esters is 1. The summed E-state index contributed by atoms with van der Waals surface area (Å²) in [5.41, 5.74) is 5.44. The molecule has 3 rings (SSSR count). The molecule has 0 saturated heterocycles. The number of hydrogen-bond acceptors (Lipinski definition) is 2. The molecule has 0 atom stereocenters. The van der Waals surface area contributed by atoms with Crippen molar-refractivity contribution < 1.29 is 9.53 Å². The number of nitrogens with one attached hydrogen (secondary N) is 1. The Labute approximate surface area is 106 Å². The summed E-state index contributed by atoms with van der Waals surface area (Å²) in [6, 6.07) is 4.35. The summed E-state index contributed by atoms with van der Waals surface area (Å²) in [5.74, 6) is -0.223. The number of hydrogen-bond donors (Lipinski definition) is 1. The Balaban J connectivity index is 2.19. The third kappa shape index (κ3) is 1.62. The maximum Gasteiger partial charge on any atom is 0.340 e. The van der Waals surface area contributed by atoms with Gasteiger partial charge in [-0.3, -0.25) is 0 Å². The maximum absolute atomic E-state index is 12.0. The maximum atomic E-state index is 12.0. The molecule has 0 radical (unpaired) electrons. The van der Waals surface area contributed by atoms with Crippen LogP contribution < -0.4 is 0 Å². The van der Waals surface area contributed by atoms with Gasteiger partial charge >= 0.3 is 5.97 Å². The van der Waals surface area contributed by atoms with Gasteiger partial charge in [0.25, 0.3) is 0 Å². The van der Waals surface area contributed by atoms with Crippen LogP contribution >= 0.6 is 0 Å². The first-order chi connectivity index (χ1) is 8.70. The Hall–Kier alpha value is -1.77. The summed E-state index contributed by atoms with van der Waals surface area (Å²) in [6.45, 7) is 4.17. The van der Waals surface area contributed by atoms with Crippen LogP contribution in [-0.2, 0) is 17.6 Å². The number of benzene rings is 1. The van der Waals surface area contributed by atoms with Crippen molar-refractivity contribution in [2.75, 3.05) is 6.61 Å². The number of aromatic amines is 1. The van der Waals surface area contributed by atoms with Gasteiger partial charge in [-0.25, -0.2) is 4.79 Å². The van der Waals surface area contributed by atoms with Crippen molar-refractivity contribution in [3.8, 4) is 0 Å². The molecular weight excluding hydrogens is 226 g/mol. The van der Waals surface area contributed by atoms with Gasteiger partial charge in [-0.1, -0.05) is 0 Å². The first-order valence-corrected chi connectivity index (χ1v) is 6.52. The van der Waals surface area contributed by atoms with E-state index in [2.05, 4.69) is 17.1 Å². The molecule has 0 bridgehead atoms. The minimum absolute atomic E-state index is 0.223. The van der Waals surface area contributed by atoms with E-state index in [1.165, 1.54) is 17.5 Å². The smallest absolute Gasteiger partial charge is 0.340 e. The number of ether oxygens (including phenoxy) is 1. The molecule has 1 heterocycles. The summed E-state index contributed by atoms with van der Waals surface area (Å²) in [5, 5.41) is 1.01. The van der Waals surface area contributed by atoms with Crippen molar-refractivity contribution in [3.63, 3.8) is 0 Å². The molecule has 3 nitrogen and oxygen atoms in total. The topological polar surface area (TPSA) is 42.1 Å². The highest BCUT2D eigenvalue weighted by molar-refractivity contribution is 6.06. The van der Waals surface area contributed by atoms with Crippen LogP contribution in [0.4, 0.5) is 0 Å². The second-order valence-corrected chi connectivity index (χ2v) is 4.87. The average Bonchev–Trinajstić information content (AvgIpc) is 2.88. The van der Waals surface area contributed by atoms with Crippen LogP contribution in [0.1, 0.15) is 40.5 Å². The summed E-state index contributed by atoms with van der Waals surface area (Å²) in [7, 11) is 0. The monoisotopic (exact) mass is 243 g/mol. The molecule has 18 heavy (non-hydrogen) atoms. The van der Waals surface area contributed by atoms with Gasteiger partial charge in [0, 0.05) is 16.6 Å². The lowest BCUT2D eigenvalue weighted by atomic mass is 10.0. The summed E-state index contributed by atoms with van der Waals surface area (Å²) in [6.07, 6.45) is 3.49. The van der Waals surface area contributed by atoms with Crippen LogP contribution in [0, 0.1) is 6.92 Å². The van der Waals surface area contributed by atoms with Crippen molar-refractivity contribution in [3.05, 3.63) is 34.5 Å². The fourth-order valence-electron chi connectivity index (χ4n) is 2.87. The lowest BCUT2D eigenvalue weighted by Gasteiger charge is -2.03. The fourth-order valence-corrected chi connectivity index (χ4v) is 2.87. The number of carbonyl (C=O) groups is 1. The van der Waals surface area contributed by atoms with Crippen molar-refractivity contribution in [2.45, 2.75) is 33.1 Å². The van der Waals surface area contributed by atoms with E-state index in [-0.39, 0.29) is 5.97 Å². The molecule has 1 aromatic carbocycles. The highest BCUT2D eigenvalue weighted by Crippen LogP contribution is 2.30. The summed E-state index contributed by atoms with van der Waals surface area (Å²) < 4.78 is 5.14. The third-order valence-electron chi connectivity index (χ3n) is 3.68. The highest BCUT2D eigenvalue weighted by atomic mass is 16.5. The van der Waals surface area contributed by atoms with Crippen LogP contribution in [0.3, 0.4) is 0 Å². The molecule has 1 aliphatic rings. The zero-order valence-corrected chi connectivity index (χ0v) is 10.8. The van der Waals surface area contributed by atoms with E-state index in [1.807, 2.05) is 13.8 Å². The molecule has 94 valence electrons. The third-order valence-corrected chi connectivity index (χ3v) is 3.68. The molecule has 0 fully saturated rings. The van der Waals surface area contributed by atoms with Gasteiger partial charge in [0.1, 0.15) is 0 Å². The number of H-pyrrole nitrogens is 1. The molecule has 0 unspecified atom stereocenters. The summed E-state index contributed by atoms with van der Waals surface area (Å²) >= 11 is 0. The molecule has 0 spiro atoms. The largest absolute Gasteiger partial charge is 0.462 e. The van der Waals surface area contributed by atoms with Crippen LogP contribution in [0.25, 0.3) is 10.9 Å². The van der Waals surface area contributed by atoms with Gasteiger partial charge in [-0.05, 0) is 56.4 Å². The summed E-state index contributed by atoms with van der Waals surface area (Å²) in [4.78, 5) is 15.3. The van der Waals surface area contributed by atoms with E-state index in [4.69, 9.17) is 4.74 Å². The predicted octanol–water partition coefficient (Wildman–Crippen LogP) is 3.14. The van der Waals surface area contributed by atoms with Gasteiger partial charge in [0.05, 0.1) is 12.2 Å². The number of carbonyl (C=O) groups excluding carboxylic acids is 1. The fraction of sp³-hybridized carbons (Fsp3) is 0.400. The van der Waals surface area contributed by atoms with Crippen molar-refractivity contribution in [2.24, 2.45) is 0 Å². The van der Waals surface area contributed by atoms with Crippen molar-refractivity contribution in [1.82, 2.24) is 4.98 Å². The standard InChI is InChI=1S/C15H17NO2/c1-3-18-15(17)14-9(2)16-13-8-11-6-4-5-10(11)7-12(13)14/h7-8,16H,3-6H2,1-2H3. The van der Waals surface area contributed by atoms with Crippen LogP contribution in [0.5, 0.6) is 0 Å². The molecule has 1 N–H and O–H groups in total. The molecule has 1 aliphatic carbocycles. The molecule has 3 heteroatoms. The first-order valence-electron chi connectivity index (χ1n) is 6.52. The Bertz CT molecular complexity index is 625. The predicted molar refractivity (Wildman–Crippen MR) is 71.0 cm³/mol. The zero-order valence-electron chi connectivity index (χ0n) is 10.8. The quantitative estimate of drug-likeness (QED) is 0.823. The number of fused-ring (bicyclic) bond motifs is 2. The second kappa shape index (κ2) is 4.16. The minimum Gasteiger partial charge on any atom is -0.462 e. The lowest BCUT2D eigenvalue weighted by Crippen LogP contribution is -2.05. The number of aryl methyl sites for hydroxylation is 3. The van der Waals surface area contributed by atoms with Gasteiger partial charge in [0.2, 0.25) is 0 Å². The Morgan fingerprint density at radius 1 is 1.33 bits per heavy atom. The van der Waals surface area contributed by atoms with Gasteiger partial charge < -0.3 is 9.72 Å². The van der Waals surface area contributed by atoms with E-state index < -0.39 is 0 Å². The molecular formula is C15H17NO2. The van der Waals surface area contributed by atoms with E-state index in [9.17, 15) is 4.79 Å². The van der Waals surface area contributed by atoms with E-state index in [0.29, 0.717) is 12.2 Å². The Morgan fingerprint density at radius 2 is 2.06 bits per heavy atom. The number of rotatable bonds is 2. The van der Waals surface area contributed by atoms with E-state index >= 15 is 0 Å². The van der Waals surface area contributed by atoms with Crippen LogP contribution in [0.2, 0.25) is 0 Å². The Morgan fingerprint density at radius 3 is 2.78 bits per heavy atom. The van der Waals surface area contributed by atoms with E-state index in [0.717, 1.165) is 29.4 Å².